The predicted molar refractivity (Wildman–Crippen MR) is 103 cm³/mol. The predicted octanol–water partition coefficient (Wildman–Crippen LogP) is 4.28. The summed E-state index contributed by atoms with van der Waals surface area (Å²) in [7, 11) is 2.19. The molecule has 0 N–H and O–H groups in total. The van der Waals surface area contributed by atoms with E-state index in [2.05, 4.69) is 56.0 Å². The molecule has 1 saturated carbocycles. The SMILES string of the molecule is CN(c1ccnc(C2CC2)n1)C1CCCN(Cc2ccc(Br)s2)C1. The van der Waals surface area contributed by atoms with Crippen molar-refractivity contribution in [2.75, 3.05) is 25.0 Å². The summed E-state index contributed by atoms with van der Waals surface area (Å²) in [5, 5.41) is 0. The van der Waals surface area contributed by atoms with Crippen LogP contribution in [0.5, 0.6) is 0 Å². The van der Waals surface area contributed by atoms with E-state index in [1.165, 1.54) is 40.9 Å². The Morgan fingerprint density at radius 3 is 2.92 bits per heavy atom. The van der Waals surface area contributed by atoms with Crippen molar-refractivity contribution in [3.63, 3.8) is 0 Å². The van der Waals surface area contributed by atoms with Crippen molar-refractivity contribution in [3.8, 4) is 0 Å². The van der Waals surface area contributed by atoms with Gasteiger partial charge in [-0.05, 0) is 66.4 Å². The van der Waals surface area contributed by atoms with Gasteiger partial charge in [0.25, 0.3) is 0 Å². The molecule has 24 heavy (non-hydrogen) atoms. The van der Waals surface area contributed by atoms with E-state index in [-0.39, 0.29) is 0 Å². The number of halogens is 1. The molecule has 1 aliphatic carbocycles. The molecule has 2 aliphatic rings. The molecule has 4 rings (SSSR count). The maximum Gasteiger partial charge on any atom is 0.133 e. The number of hydrogen-bond donors (Lipinski definition) is 0. The summed E-state index contributed by atoms with van der Waals surface area (Å²) in [4.78, 5) is 15.6. The largest absolute Gasteiger partial charge is 0.355 e. The van der Waals surface area contributed by atoms with Gasteiger partial charge in [-0.3, -0.25) is 4.90 Å². The smallest absolute Gasteiger partial charge is 0.133 e. The second-order valence-corrected chi connectivity index (χ2v) is 9.44. The lowest BCUT2D eigenvalue weighted by Gasteiger charge is -2.38. The van der Waals surface area contributed by atoms with Crippen LogP contribution >= 0.6 is 27.3 Å². The van der Waals surface area contributed by atoms with Crippen LogP contribution in [0, 0.1) is 0 Å². The van der Waals surface area contributed by atoms with Crippen LogP contribution in [0.25, 0.3) is 0 Å². The number of rotatable bonds is 5. The molecule has 3 heterocycles. The maximum atomic E-state index is 4.81. The normalized spacial score (nSPS) is 21.8. The van der Waals surface area contributed by atoms with Gasteiger partial charge >= 0.3 is 0 Å². The molecule has 1 saturated heterocycles. The highest BCUT2D eigenvalue weighted by Crippen LogP contribution is 2.38. The number of likely N-dealkylation sites (N-methyl/N-ethyl adjacent to an activating group) is 1. The summed E-state index contributed by atoms with van der Waals surface area (Å²) in [6, 6.07) is 6.97. The van der Waals surface area contributed by atoms with E-state index in [9.17, 15) is 0 Å². The Morgan fingerprint density at radius 1 is 1.29 bits per heavy atom. The number of thiophene rings is 1. The monoisotopic (exact) mass is 406 g/mol. The van der Waals surface area contributed by atoms with E-state index in [0.29, 0.717) is 12.0 Å². The Morgan fingerprint density at radius 2 is 2.17 bits per heavy atom. The van der Waals surface area contributed by atoms with Gasteiger partial charge in [0.2, 0.25) is 0 Å². The molecule has 128 valence electrons. The molecule has 6 heteroatoms. The fourth-order valence-electron chi connectivity index (χ4n) is 3.43. The molecule has 2 aromatic rings. The van der Waals surface area contributed by atoms with Crippen molar-refractivity contribution in [3.05, 3.63) is 38.9 Å². The molecule has 0 radical (unpaired) electrons. The van der Waals surface area contributed by atoms with Gasteiger partial charge in [0.15, 0.2) is 0 Å². The van der Waals surface area contributed by atoms with Gasteiger partial charge in [-0.2, -0.15) is 0 Å². The van der Waals surface area contributed by atoms with E-state index < -0.39 is 0 Å². The van der Waals surface area contributed by atoms with Gasteiger partial charge in [-0.25, -0.2) is 9.97 Å². The standard InChI is InChI=1S/C18H23BrN4S/c1-22(17-8-9-20-18(21-17)13-4-5-13)14-3-2-10-23(11-14)12-15-6-7-16(19)24-15/h6-9,13-14H,2-5,10-12H2,1H3. The lowest BCUT2D eigenvalue weighted by Crippen LogP contribution is -2.46. The molecule has 0 spiro atoms. The first-order chi connectivity index (χ1) is 11.7. The highest BCUT2D eigenvalue weighted by atomic mass is 79.9. The Labute approximate surface area is 156 Å². The molecule has 0 aromatic carbocycles. The van der Waals surface area contributed by atoms with E-state index >= 15 is 0 Å². The van der Waals surface area contributed by atoms with Gasteiger partial charge < -0.3 is 4.90 Å². The van der Waals surface area contributed by atoms with Gasteiger partial charge in [-0.1, -0.05) is 0 Å². The molecular weight excluding hydrogens is 384 g/mol. The molecular formula is C18H23BrN4S. The van der Waals surface area contributed by atoms with E-state index in [0.717, 1.165) is 24.7 Å². The van der Waals surface area contributed by atoms with Crippen LogP contribution < -0.4 is 4.90 Å². The summed E-state index contributed by atoms with van der Waals surface area (Å²) >= 11 is 5.40. The second kappa shape index (κ2) is 7.10. The van der Waals surface area contributed by atoms with Crippen LogP contribution in [0.2, 0.25) is 0 Å². The zero-order valence-electron chi connectivity index (χ0n) is 14.0. The molecule has 0 amide bonds. The lowest BCUT2D eigenvalue weighted by atomic mass is 10.0. The minimum atomic E-state index is 0.532. The van der Waals surface area contributed by atoms with E-state index in [1.807, 2.05) is 17.5 Å². The number of piperidine rings is 1. The van der Waals surface area contributed by atoms with Crippen molar-refractivity contribution in [1.29, 1.82) is 0 Å². The molecule has 0 bridgehead atoms. The first kappa shape index (κ1) is 16.5. The highest BCUT2D eigenvalue weighted by molar-refractivity contribution is 9.11. The minimum Gasteiger partial charge on any atom is -0.355 e. The summed E-state index contributed by atoms with van der Waals surface area (Å²) in [6.45, 7) is 3.35. The minimum absolute atomic E-state index is 0.532. The fourth-order valence-corrected chi connectivity index (χ4v) is 4.96. The first-order valence-electron chi connectivity index (χ1n) is 8.71. The average Bonchev–Trinajstić information content (AvgIpc) is 3.38. The first-order valence-corrected chi connectivity index (χ1v) is 10.3. The molecule has 1 atom stereocenters. The molecule has 2 fully saturated rings. The molecule has 1 aliphatic heterocycles. The van der Waals surface area contributed by atoms with E-state index in [1.54, 1.807) is 0 Å². The molecule has 2 aromatic heterocycles. The number of hydrogen-bond acceptors (Lipinski definition) is 5. The van der Waals surface area contributed by atoms with Crippen LogP contribution in [-0.2, 0) is 6.54 Å². The third-order valence-electron chi connectivity index (χ3n) is 5.00. The van der Waals surface area contributed by atoms with Crippen LogP contribution in [0.1, 0.15) is 42.3 Å². The summed E-state index contributed by atoms with van der Waals surface area (Å²) in [6.07, 6.45) is 6.92. The summed E-state index contributed by atoms with van der Waals surface area (Å²) in [5.74, 6) is 2.73. The quantitative estimate of drug-likeness (QED) is 0.741. The third-order valence-corrected chi connectivity index (χ3v) is 6.61. The zero-order chi connectivity index (χ0) is 16.5. The second-order valence-electron chi connectivity index (χ2n) is 6.90. The van der Waals surface area contributed by atoms with E-state index in [4.69, 9.17) is 4.98 Å². The Balaban J connectivity index is 1.42. The number of nitrogens with zero attached hydrogens (tertiary/aromatic N) is 4. The number of likely N-dealkylation sites (tertiary alicyclic amines) is 1. The maximum absolute atomic E-state index is 4.81. The molecule has 1 unspecified atom stereocenters. The average molecular weight is 407 g/mol. The van der Waals surface area contributed by atoms with Crippen LogP contribution in [0.3, 0.4) is 0 Å². The number of aromatic nitrogens is 2. The summed E-state index contributed by atoms with van der Waals surface area (Å²) < 4.78 is 1.22. The van der Waals surface area contributed by atoms with Crippen molar-refractivity contribution in [1.82, 2.24) is 14.9 Å². The highest BCUT2D eigenvalue weighted by Gasteiger charge is 2.28. The van der Waals surface area contributed by atoms with Crippen molar-refractivity contribution in [2.24, 2.45) is 0 Å². The van der Waals surface area contributed by atoms with Crippen LogP contribution in [0.15, 0.2) is 28.2 Å². The lowest BCUT2D eigenvalue weighted by molar-refractivity contribution is 0.200. The van der Waals surface area contributed by atoms with Gasteiger partial charge in [0.1, 0.15) is 11.6 Å². The van der Waals surface area contributed by atoms with Crippen LogP contribution in [0.4, 0.5) is 5.82 Å². The number of anilines is 1. The molecule has 4 nitrogen and oxygen atoms in total. The van der Waals surface area contributed by atoms with Crippen LogP contribution in [-0.4, -0.2) is 41.0 Å². The van der Waals surface area contributed by atoms with Gasteiger partial charge in [-0.15, -0.1) is 11.3 Å². The van der Waals surface area contributed by atoms with Gasteiger partial charge in [0, 0.05) is 43.2 Å². The van der Waals surface area contributed by atoms with Crippen molar-refractivity contribution in [2.45, 2.75) is 44.2 Å². The third kappa shape index (κ3) is 3.81. The zero-order valence-corrected chi connectivity index (χ0v) is 16.4. The van der Waals surface area contributed by atoms with Crippen molar-refractivity contribution < 1.29 is 0 Å². The topological polar surface area (TPSA) is 32.3 Å². The van der Waals surface area contributed by atoms with Crippen molar-refractivity contribution >= 4 is 33.1 Å². The Hall–Kier alpha value is -0.980. The Bertz CT molecular complexity index is 700. The summed E-state index contributed by atoms with van der Waals surface area (Å²) in [5.41, 5.74) is 0. The Kier molecular flexibility index (Phi) is 4.88. The fraction of sp³-hybridized carbons (Fsp3) is 0.556. The van der Waals surface area contributed by atoms with Gasteiger partial charge in [0.05, 0.1) is 3.79 Å².